The second kappa shape index (κ2) is 6.29. The van der Waals surface area contributed by atoms with Gasteiger partial charge in [-0.2, -0.15) is 0 Å². The molecule has 0 saturated heterocycles. The number of carbonyl (C=O) groups excluding carboxylic acids is 1. The molecule has 6 nitrogen and oxygen atoms in total. The van der Waals surface area contributed by atoms with Crippen molar-refractivity contribution < 1.29 is 22.7 Å². The monoisotopic (exact) mass is 312 g/mol. The highest BCUT2D eigenvalue weighted by atomic mass is 19.4. The molecule has 0 aliphatic rings. The van der Waals surface area contributed by atoms with Crippen molar-refractivity contribution in [2.24, 2.45) is 0 Å². The fourth-order valence-corrected chi connectivity index (χ4v) is 1.52. The van der Waals surface area contributed by atoms with Gasteiger partial charge in [0.25, 0.3) is 0 Å². The van der Waals surface area contributed by atoms with Crippen molar-refractivity contribution in [1.82, 2.24) is 15.4 Å². The maximum atomic E-state index is 12.1. The molecule has 9 heteroatoms. The molecule has 0 unspecified atom stereocenters. The zero-order valence-electron chi connectivity index (χ0n) is 11.3. The van der Waals surface area contributed by atoms with Crippen molar-refractivity contribution in [3.8, 4) is 17.0 Å². The third-order valence-corrected chi connectivity index (χ3v) is 2.40. The van der Waals surface area contributed by atoms with Gasteiger partial charge >= 0.3 is 6.36 Å². The van der Waals surface area contributed by atoms with E-state index in [9.17, 15) is 18.0 Å². The van der Waals surface area contributed by atoms with Gasteiger partial charge in [-0.05, 0) is 24.3 Å². The molecule has 22 heavy (non-hydrogen) atoms. The van der Waals surface area contributed by atoms with Gasteiger partial charge in [0, 0.05) is 12.5 Å². The Kier molecular flexibility index (Phi) is 4.44. The van der Waals surface area contributed by atoms with E-state index >= 15 is 0 Å². The van der Waals surface area contributed by atoms with Gasteiger partial charge in [0.15, 0.2) is 5.82 Å². The molecular formula is C13H11F3N4O2. The van der Waals surface area contributed by atoms with E-state index in [2.05, 4.69) is 25.6 Å². The predicted octanol–water partition coefficient (Wildman–Crippen LogP) is 2.51. The van der Waals surface area contributed by atoms with Gasteiger partial charge < -0.3 is 4.74 Å². The first kappa shape index (κ1) is 15.5. The molecule has 1 amide bonds. The van der Waals surface area contributed by atoms with E-state index in [0.717, 1.165) is 0 Å². The summed E-state index contributed by atoms with van der Waals surface area (Å²) in [6, 6.07) is 5.25. The summed E-state index contributed by atoms with van der Waals surface area (Å²) < 4.78 is 40.0. The highest BCUT2D eigenvalue weighted by Gasteiger charge is 2.30. The van der Waals surface area contributed by atoms with E-state index in [1.54, 1.807) is 0 Å². The molecule has 0 atom stereocenters. The molecule has 0 bridgehead atoms. The number of ether oxygens (including phenoxy) is 1. The second-order valence-electron chi connectivity index (χ2n) is 4.17. The van der Waals surface area contributed by atoms with Crippen LogP contribution in [0.15, 0.2) is 36.7 Å². The van der Waals surface area contributed by atoms with Crippen LogP contribution in [0.4, 0.5) is 19.0 Å². The Hall–Kier alpha value is -2.84. The van der Waals surface area contributed by atoms with Crippen molar-refractivity contribution in [2.45, 2.75) is 13.3 Å². The van der Waals surface area contributed by atoms with Crippen LogP contribution in [0, 0.1) is 0 Å². The standard InChI is InChI=1S/C13H11F3N4O2/c1-8(21)19-20-12-7-17-11(6-18-12)9-2-4-10(5-3-9)22-13(14,15)16/h2-7H,1H3,(H,18,20)(H,19,21). The molecule has 1 aromatic carbocycles. The summed E-state index contributed by atoms with van der Waals surface area (Å²) in [4.78, 5) is 18.8. The maximum absolute atomic E-state index is 12.1. The first-order valence-corrected chi connectivity index (χ1v) is 6.04. The highest BCUT2D eigenvalue weighted by molar-refractivity contribution is 5.74. The van der Waals surface area contributed by atoms with E-state index < -0.39 is 6.36 Å². The molecule has 2 aromatic rings. The number of nitrogens with one attached hydrogen (secondary N) is 2. The molecule has 2 N–H and O–H groups in total. The number of alkyl halides is 3. The van der Waals surface area contributed by atoms with Crippen LogP contribution in [-0.2, 0) is 4.79 Å². The summed E-state index contributed by atoms with van der Waals surface area (Å²) in [6.07, 6.45) is -1.92. The van der Waals surface area contributed by atoms with E-state index in [4.69, 9.17) is 0 Å². The number of hydrazine groups is 1. The van der Waals surface area contributed by atoms with Crippen LogP contribution in [0.3, 0.4) is 0 Å². The lowest BCUT2D eigenvalue weighted by Gasteiger charge is -2.09. The molecule has 1 aromatic heterocycles. The smallest absolute Gasteiger partial charge is 0.406 e. The number of amides is 1. The molecule has 1 heterocycles. The average Bonchev–Trinajstić information content (AvgIpc) is 2.45. The van der Waals surface area contributed by atoms with E-state index in [-0.39, 0.29) is 11.7 Å². The molecule has 0 spiro atoms. The molecular weight excluding hydrogens is 301 g/mol. The molecule has 0 fully saturated rings. The van der Waals surface area contributed by atoms with Crippen molar-refractivity contribution in [1.29, 1.82) is 0 Å². The lowest BCUT2D eigenvalue weighted by Crippen LogP contribution is -2.27. The summed E-state index contributed by atoms with van der Waals surface area (Å²) >= 11 is 0. The predicted molar refractivity (Wildman–Crippen MR) is 71.6 cm³/mol. The molecule has 0 aliphatic heterocycles. The van der Waals surface area contributed by atoms with Crippen LogP contribution >= 0.6 is 0 Å². The quantitative estimate of drug-likeness (QED) is 0.848. The van der Waals surface area contributed by atoms with Crippen LogP contribution in [0.25, 0.3) is 11.3 Å². The number of halogens is 3. The maximum Gasteiger partial charge on any atom is 0.573 e. The fourth-order valence-electron chi connectivity index (χ4n) is 1.52. The largest absolute Gasteiger partial charge is 0.573 e. The molecule has 0 saturated carbocycles. The summed E-state index contributed by atoms with van der Waals surface area (Å²) in [6.45, 7) is 1.33. The number of aromatic nitrogens is 2. The van der Waals surface area contributed by atoms with E-state index in [0.29, 0.717) is 17.1 Å². The normalized spacial score (nSPS) is 10.9. The van der Waals surface area contributed by atoms with Gasteiger partial charge in [0.1, 0.15) is 5.75 Å². The van der Waals surface area contributed by atoms with E-state index in [1.165, 1.54) is 43.6 Å². The Labute approximate surface area is 123 Å². The number of nitrogens with zero attached hydrogens (tertiary/aromatic N) is 2. The molecule has 0 radical (unpaired) electrons. The third kappa shape index (κ3) is 4.62. The van der Waals surface area contributed by atoms with Crippen molar-refractivity contribution in [3.63, 3.8) is 0 Å². The van der Waals surface area contributed by atoms with Gasteiger partial charge in [-0.1, -0.05) is 0 Å². The second-order valence-corrected chi connectivity index (χ2v) is 4.17. The minimum absolute atomic E-state index is 0.286. The Morgan fingerprint density at radius 1 is 1.14 bits per heavy atom. The lowest BCUT2D eigenvalue weighted by atomic mass is 10.1. The van der Waals surface area contributed by atoms with Crippen LogP contribution < -0.4 is 15.6 Å². The van der Waals surface area contributed by atoms with Gasteiger partial charge in [0.05, 0.1) is 18.1 Å². The van der Waals surface area contributed by atoms with Gasteiger partial charge in [-0.3, -0.25) is 20.6 Å². The Morgan fingerprint density at radius 3 is 2.32 bits per heavy atom. The minimum atomic E-state index is -4.72. The van der Waals surface area contributed by atoms with Gasteiger partial charge in [-0.25, -0.2) is 4.98 Å². The first-order valence-electron chi connectivity index (χ1n) is 6.04. The number of hydrogen-bond donors (Lipinski definition) is 2. The number of rotatable bonds is 4. The summed E-state index contributed by atoms with van der Waals surface area (Å²) in [5.74, 6) is -0.268. The highest BCUT2D eigenvalue weighted by Crippen LogP contribution is 2.25. The van der Waals surface area contributed by atoms with Crippen molar-refractivity contribution >= 4 is 11.7 Å². The first-order chi connectivity index (χ1) is 10.3. The van der Waals surface area contributed by atoms with Crippen molar-refractivity contribution in [2.75, 3.05) is 5.43 Å². The van der Waals surface area contributed by atoms with Crippen LogP contribution in [0.2, 0.25) is 0 Å². The van der Waals surface area contributed by atoms with Crippen LogP contribution in [0.1, 0.15) is 6.92 Å². The summed E-state index contributed by atoms with van der Waals surface area (Å²) in [5.41, 5.74) is 5.92. The Bertz CT molecular complexity index is 642. The Balaban J connectivity index is 2.07. The van der Waals surface area contributed by atoms with Gasteiger partial charge in [-0.15, -0.1) is 13.2 Å². The number of carbonyl (C=O) groups is 1. The topological polar surface area (TPSA) is 76.1 Å². The van der Waals surface area contributed by atoms with Crippen LogP contribution in [0.5, 0.6) is 5.75 Å². The number of hydrogen-bond acceptors (Lipinski definition) is 5. The van der Waals surface area contributed by atoms with Crippen LogP contribution in [-0.4, -0.2) is 22.2 Å². The number of anilines is 1. The average molecular weight is 312 g/mol. The van der Waals surface area contributed by atoms with Crippen molar-refractivity contribution in [3.05, 3.63) is 36.7 Å². The molecule has 116 valence electrons. The molecule has 2 rings (SSSR count). The fraction of sp³-hybridized carbons (Fsp3) is 0.154. The number of benzene rings is 1. The third-order valence-electron chi connectivity index (χ3n) is 2.40. The zero-order chi connectivity index (χ0) is 16.2. The minimum Gasteiger partial charge on any atom is -0.406 e. The zero-order valence-corrected chi connectivity index (χ0v) is 11.3. The SMILES string of the molecule is CC(=O)NNc1cnc(-c2ccc(OC(F)(F)F)cc2)cn1. The summed E-state index contributed by atoms with van der Waals surface area (Å²) in [5, 5.41) is 0. The molecule has 0 aliphatic carbocycles. The summed E-state index contributed by atoms with van der Waals surface area (Å²) in [7, 11) is 0. The van der Waals surface area contributed by atoms with E-state index in [1.807, 2.05) is 0 Å². The lowest BCUT2D eigenvalue weighted by molar-refractivity contribution is -0.274. The van der Waals surface area contributed by atoms with Gasteiger partial charge in [0.2, 0.25) is 5.91 Å². The Morgan fingerprint density at radius 2 is 1.82 bits per heavy atom.